The van der Waals surface area contributed by atoms with Crippen LogP contribution in [-0.4, -0.2) is 33.9 Å². The van der Waals surface area contributed by atoms with Gasteiger partial charge in [-0.3, -0.25) is 9.78 Å². The van der Waals surface area contributed by atoms with Crippen LogP contribution in [0.2, 0.25) is 0 Å². The lowest BCUT2D eigenvalue weighted by Gasteiger charge is -2.10. The lowest BCUT2D eigenvalue weighted by molar-refractivity contribution is -0.118. The normalized spacial score (nSPS) is 23.2. The van der Waals surface area contributed by atoms with Crippen molar-refractivity contribution in [3.8, 4) is 11.3 Å². The Hall–Kier alpha value is -3.06. The molecule has 3 aromatic heterocycles. The number of fused-ring (bicyclic) bond motifs is 2. The lowest BCUT2D eigenvalue weighted by atomic mass is 10.1. The minimum absolute atomic E-state index is 0.0590. The second-order valence-electron chi connectivity index (χ2n) is 7.38. The van der Waals surface area contributed by atoms with E-state index in [-0.39, 0.29) is 11.8 Å². The second-order valence-corrected chi connectivity index (χ2v) is 7.38. The van der Waals surface area contributed by atoms with Gasteiger partial charge in [-0.1, -0.05) is 0 Å². The maximum absolute atomic E-state index is 12.5. The molecular weight excluding hydrogens is 340 g/mol. The van der Waals surface area contributed by atoms with Crippen molar-refractivity contribution in [3.05, 3.63) is 42.4 Å². The Labute approximate surface area is 156 Å². The average molecular weight is 360 g/mol. The fourth-order valence-electron chi connectivity index (χ4n) is 4.13. The first-order valence-electron chi connectivity index (χ1n) is 9.10. The number of hydrogen-bond acceptors (Lipinski definition) is 6. The van der Waals surface area contributed by atoms with Crippen LogP contribution in [0.1, 0.15) is 5.56 Å². The third-order valence-electron chi connectivity index (χ3n) is 5.71. The number of piperidine rings is 1. The maximum Gasteiger partial charge on any atom is 0.229 e. The molecule has 0 unspecified atom stereocenters. The number of amides is 1. The number of rotatable bonds is 3. The standard InChI is InChI=1S/C20H20N6O/c1-10-2-3-22-6-12(10)16-4-11-5-17(24-9-13(11)19(21)25-16)26-20(27)18-14-7-23-8-15(14)18/h2-6,9,14-15,18,23H,7-8H2,1H3,(H2,21,25)(H,24,26,27)/t14-,15+,18+. The van der Waals surface area contributed by atoms with E-state index in [0.29, 0.717) is 23.5 Å². The first kappa shape index (κ1) is 16.1. The van der Waals surface area contributed by atoms with Crippen molar-refractivity contribution < 1.29 is 4.79 Å². The number of aryl methyl sites for hydroxylation is 1. The van der Waals surface area contributed by atoms with E-state index in [1.165, 1.54) is 0 Å². The van der Waals surface area contributed by atoms with Gasteiger partial charge in [-0.15, -0.1) is 0 Å². The van der Waals surface area contributed by atoms with E-state index in [1.807, 2.05) is 25.1 Å². The predicted octanol–water partition coefficient (Wildman–Crippen LogP) is 1.99. The Bertz CT molecular complexity index is 1060. The number of pyridine rings is 3. The van der Waals surface area contributed by atoms with Crippen molar-refractivity contribution in [2.45, 2.75) is 6.92 Å². The van der Waals surface area contributed by atoms with Gasteiger partial charge in [-0.2, -0.15) is 0 Å². The van der Waals surface area contributed by atoms with Gasteiger partial charge in [0.2, 0.25) is 5.91 Å². The zero-order valence-corrected chi connectivity index (χ0v) is 14.9. The Kier molecular flexibility index (Phi) is 3.58. The van der Waals surface area contributed by atoms with Gasteiger partial charge in [-0.25, -0.2) is 9.97 Å². The average Bonchev–Trinajstić information content (AvgIpc) is 3.14. The fourth-order valence-corrected chi connectivity index (χ4v) is 4.13. The van der Waals surface area contributed by atoms with Crippen LogP contribution in [0.25, 0.3) is 22.0 Å². The van der Waals surface area contributed by atoms with Crippen LogP contribution < -0.4 is 16.4 Å². The number of nitrogens with zero attached hydrogens (tertiary/aromatic N) is 3. The summed E-state index contributed by atoms with van der Waals surface area (Å²) in [6, 6.07) is 5.76. The molecule has 7 heteroatoms. The molecule has 136 valence electrons. The van der Waals surface area contributed by atoms with Crippen LogP contribution in [0.5, 0.6) is 0 Å². The molecule has 3 atom stereocenters. The van der Waals surface area contributed by atoms with Crippen LogP contribution in [-0.2, 0) is 4.79 Å². The molecule has 2 fully saturated rings. The number of aromatic nitrogens is 3. The highest BCUT2D eigenvalue weighted by Gasteiger charge is 2.56. The first-order valence-corrected chi connectivity index (χ1v) is 9.10. The number of carbonyl (C=O) groups excluding carboxylic acids is 1. The predicted molar refractivity (Wildman–Crippen MR) is 104 cm³/mol. The summed E-state index contributed by atoms with van der Waals surface area (Å²) in [5, 5.41) is 7.93. The Morgan fingerprint density at radius 3 is 2.85 bits per heavy atom. The molecule has 0 radical (unpaired) electrons. The van der Waals surface area contributed by atoms with Crippen molar-refractivity contribution in [2.24, 2.45) is 17.8 Å². The van der Waals surface area contributed by atoms with Crippen LogP contribution in [0.4, 0.5) is 11.6 Å². The first-order chi connectivity index (χ1) is 13.1. The molecule has 0 aromatic carbocycles. The van der Waals surface area contributed by atoms with Crippen LogP contribution >= 0.6 is 0 Å². The van der Waals surface area contributed by atoms with Crippen molar-refractivity contribution in [2.75, 3.05) is 24.1 Å². The number of hydrogen-bond donors (Lipinski definition) is 3. The summed E-state index contributed by atoms with van der Waals surface area (Å²) in [5.41, 5.74) is 8.92. The molecule has 2 aliphatic rings. The van der Waals surface area contributed by atoms with Crippen molar-refractivity contribution in [3.63, 3.8) is 0 Å². The van der Waals surface area contributed by atoms with E-state index in [2.05, 4.69) is 25.6 Å². The Morgan fingerprint density at radius 2 is 2.07 bits per heavy atom. The summed E-state index contributed by atoms with van der Waals surface area (Å²) >= 11 is 0. The van der Waals surface area contributed by atoms with Gasteiger partial charge in [0.05, 0.1) is 5.69 Å². The third kappa shape index (κ3) is 2.71. The van der Waals surface area contributed by atoms with Crippen LogP contribution in [0.3, 0.4) is 0 Å². The van der Waals surface area contributed by atoms with Gasteiger partial charge in [0.15, 0.2) is 0 Å². The molecule has 4 N–H and O–H groups in total. The van der Waals surface area contributed by atoms with E-state index >= 15 is 0 Å². The third-order valence-corrected chi connectivity index (χ3v) is 5.71. The molecule has 1 saturated carbocycles. The molecule has 0 bridgehead atoms. The minimum Gasteiger partial charge on any atom is -0.383 e. The highest BCUT2D eigenvalue weighted by atomic mass is 16.2. The van der Waals surface area contributed by atoms with E-state index in [1.54, 1.807) is 18.6 Å². The van der Waals surface area contributed by atoms with E-state index in [0.717, 1.165) is 40.7 Å². The largest absolute Gasteiger partial charge is 0.383 e. The summed E-state index contributed by atoms with van der Waals surface area (Å²) in [6.07, 6.45) is 5.21. The summed E-state index contributed by atoms with van der Waals surface area (Å²) in [5.74, 6) is 2.09. The summed E-state index contributed by atoms with van der Waals surface area (Å²) in [7, 11) is 0. The van der Waals surface area contributed by atoms with Gasteiger partial charge in [0.25, 0.3) is 0 Å². The smallest absolute Gasteiger partial charge is 0.229 e. The summed E-state index contributed by atoms with van der Waals surface area (Å²) in [4.78, 5) is 25.5. The van der Waals surface area contributed by atoms with E-state index < -0.39 is 0 Å². The zero-order chi connectivity index (χ0) is 18.5. The minimum atomic E-state index is 0.0590. The van der Waals surface area contributed by atoms with Crippen LogP contribution in [0.15, 0.2) is 36.8 Å². The molecule has 0 spiro atoms. The molecule has 27 heavy (non-hydrogen) atoms. The molecule has 5 rings (SSSR count). The molecule has 3 aromatic rings. The highest BCUT2D eigenvalue weighted by Crippen LogP contribution is 2.49. The zero-order valence-electron chi connectivity index (χ0n) is 14.9. The molecule has 1 aliphatic heterocycles. The summed E-state index contributed by atoms with van der Waals surface area (Å²) < 4.78 is 0. The number of anilines is 2. The maximum atomic E-state index is 12.5. The molecular formula is C20H20N6O. The number of carbonyl (C=O) groups is 1. The lowest BCUT2D eigenvalue weighted by Crippen LogP contribution is -2.23. The molecule has 1 amide bonds. The second kappa shape index (κ2) is 5.99. The van der Waals surface area contributed by atoms with E-state index in [9.17, 15) is 4.79 Å². The van der Waals surface area contributed by atoms with Gasteiger partial charge in [0.1, 0.15) is 11.6 Å². The van der Waals surface area contributed by atoms with E-state index in [4.69, 9.17) is 5.73 Å². The highest BCUT2D eigenvalue weighted by molar-refractivity contribution is 5.98. The fraction of sp³-hybridized carbons (Fsp3) is 0.300. The van der Waals surface area contributed by atoms with Crippen molar-refractivity contribution >= 4 is 28.3 Å². The van der Waals surface area contributed by atoms with Gasteiger partial charge < -0.3 is 16.4 Å². The van der Waals surface area contributed by atoms with Crippen LogP contribution in [0, 0.1) is 24.7 Å². The monoisotopic (exact) mass is 360 g/mol. The molecule has 7 nitrogen and oxygen atoms in total. The summed E-state index contributed by atoms with van der Waals surface area (Å²) in [6.45, 7) is 3.88. The quantitative estimate of drug-likeness (QED) is 0.660. The Morgan fingerprint density at radius 1 is 1.26 bits per heavy atom. The SMILES string of the molecule is Cc1ccncc1-c1cc2cc(NC(=O)[C@H]3[C@@H]4CNC[C@@H]43)ncc2c(N)n1. The van der Waals surface area contributed by atoms with Gasteiger partial charge >= 0.3 is 0 Å². The van der Waals surface area contributed by atoms with Gasteiger partial charge in [-0.05, 0) is 61.0 Å². The number of nitrogen functional groups attached to an aromatic ring is 1. The topological polar surface area (TPSA) is 106 Å². The number of nitrogens with two attached hydrogens (primary N) is 1. The molecule has 4 heterocycles. The Balaban J connectivity index is 1.47. The van der Waals surface area contributed by atoms with Crippen molar-refractivity contribution in [1.29, 1.82) is 0 Å². The molecule has 1 aliphatic carbocycles. The van der Waals surface area contributed by atoms with Crippen molar-refractivity contribution in [1.82, 2.24) is 20.3 Å². The molecule has 1 saturated heterocycles. The van der Waals surface area contributed by atoms with Gasteiger partial charge in [0, 0.05) is 35.5 Å². The number of nitrogens with one attached hydrogen (secondary N) is 2.